The average molecular weight is 222 g/mol. The number of hydrogen-bond acceptors (Lipinski definition) is 3. The molecule has 4 heteroatoms. The highest BCUT2D eigenvalue weighted by Crippen LogP contribution is 2.29. The van der Waals surface area contributed by atoms with Crippen LogP contribution in [0.15, 0.2) is 16.5 Å². The van der Waals surface area contributed by atoms with Crippen LogP contribution in [0.2, 0.25) is 0 Å². The van der Waals surface area contributed by atoms with Crippen molar-refractivity contribution in [1.29, 1.82) is 0 Å². The Balaban J connectivity index is 2.84. The monoisotopic (exact) mass is 222 g/mol. The fraction of sp³-hybridized carbons (Fsp3) is 0.250. The lowest BCUT2D eigenvalue weighted by Gasteiger charge is -2.00. The number of benzene rings is 1. The molecule has 0 radical (unpaired) electrons. The van der Waals surface area contributed by atoms with Crippen LogP contribution in [-0.2, 0) is 4.74 Å². The molecule has 0 unspecified atom stereocenters. The summed E-state index contributed by atoms with van der Waals surface area (Å²) >= 11 is 0. The summed E-state index contributed by atoms with van der Waals surface area (Å²) in [5, 5.41) is 0.616. The van der Waals surface area contributed by atoms with Gasteiger partial charge in [-0.05, 0) is 25.5 Å². The van der Waals surface area contributed by atoms with Crippen molar-refractivity contribution in [3.63, 3.8) is 0 Å². The van der Waals surface area contributed by atoms with Gasteiger partial charge in [-0.2, -0.15) is 0 Å². The molecule has 0 amide bonds. The largest absolute Gasteiger partial charge is 0.465 e. The Bertz CT molecular complexity index is 569. The van der Waals surface area contributed by atoms with Gasteiger partial charge >= 0.3 is 5.97 Å². The van der Waals surface area contributed by atoms with Crippen LogP contribution in [0.3, 0.4) is 0 Å². The fourth-order valence-corrected chi connectivity index (χ4v) is 1.85. The van der Waals surface area contributed by atoms with Crippen LogP contribution in [0.25, 0.3) is 11.0 Å². The maximum Gasteiger partial charge on any atom is 0.342 e. The van der Waals surface area contributed by atoms with E-state index in [9.17, 15) is 9.18 Å². The summed E-state index contributed by atoms with van der Waals surface area (Å²) in [7, 11) is 1.31. The van der Waals surface area contributed by atoms with Crippen molar-refractivity contribution in [3.05, 3.63) is 34.8 Å². The zero-order valence-corrected chi connectivity index (χ0v) is 9.26. The van der Waals surface area contributed by atoms with Gasteiger partial charge in [0.25, 0.3) is 0 Å². The lowest BCUT2D eigenvalue weighted by molar-refractivity contribution is 0.0600. The van der Waals surface area contributed by atoms with E-state index in [1.165, 1.54) is 19.2 Å². The summed E-state index contributed by atoms with van der Waals surface area (Å²) in [6.45, 7) is 3.39. The minimum Gasteiger partial charge on any atom is -0.465 e. The van der Waals surface area contributed by atoms with E-state index in [4.69, 9.17) is 4.42 Å². The number of esters is 1. The lowest BCUT2D eigenvalue weighted by Crippen LogP contribution is -2.02. The second-order valence-electron chi connectivity index (χ2n) is 3.62. The van der Waals surface area contributed by atoms with Gasteiger partial charge in [-0.25, -0.2) is 9.18 Å². The zero-order chi connectivity index (χ0) is 11.9. The predicted molar refractivity (Wildman–Crippen MR) is 57.0 cm³/mol. The van der Waals surface area contributed by atoms with Crippen LogP contribution in [0.1, 0.15) is 21.7 Å². The molecular weight excluding hydrogens is 211 g/mol. The molecule has 0 atom stereocenters. The van der Waals surface area contributed by atoms with Crippen molar-refractivity contribution < 1.29 is 18.3 Å². The minimum absolute atomic E-state index is 0.370. The average Bonchev–Trinajstić information content (AvgIpc) is 2.53. The highest BCUT2D eigenvalue weighted by Gasteiger charge is 2.20. The van der Waals surface area contributed by atoms with E-state index >= 15 is 0 Å². The van der Waals surface area contributed by atoms with E-state index in [1.54, 1.807) is 13.8 Å². The number of rotatable bonds is 1. The maximum absolute atomic E-state index is 13.1. The molecule has 1 heterocycles. The molecule has 3 nitrogen and oxygen atoms in total. The number of hydrogen-bond donors (Lipinski definition) is 0. The van der Waals surface area contributed by atoms with Crippen molar-refractivity contribution in [3.8, 4) is 0 Å². The molecule has 84 valence electrons. The Morgan fingerprint density at radius 1 is 1.38 bits per heavy atom. The first-order valence-corrected chi connectivity index (χ1v) is 4.82. The Labute approximate surface area is 91.8 Å². The van der Waals surface area contributed by atoms with Gasteiger partial charge in [-0.15, -0.1) is 0 Å². The smallest absolute Gasteiger partial charge is 0.342 e. The van der Waals surface area contributed by atoms with E-state index in [1.807, 2.05) is 0 Å². The van der Waals surface area contributed by atoms with Gasteiger partial charge in [0.05, 0.1) is 7.11 Å². The topological polar surface area (TPSA) is 39.4 Å². The molecule has 0 saturated carbocycles. The van der Waals surface area contributed by atoms with Crippen LogP contribution in [0.4, 0.5) is 4.39 Å². The molecule has 0 aliphatic heterocycles. The number of fused-ring (bicyclic) bond motifs is 1. The number of carbonyl (C=O) groups is 1. The number of halogens is 1. The van der Waals surface area contributed by atoms with Gasteiger partial charge in [-0.1, -0.05) is 0 Å². The van der Waals surface area contributed by atoms with Crippen molar-refractivity contribution in [2.75, 3.05) is 7.11 Å². The molecule has 0 spiro atoms. The normalized spacial score (nSPS) is 10.8. The number of ether oxygens (including phenoxy) is 1. The SMILES string of the molecule is COC(=O)c1c(C)oc2cc(F)cc(C)c12. The first kappa shape index (κ1) is 10.7. The van der Waals surface area contributed by atoms with Crippen LogP contribution < -0.4 is 0 Å². The Morgan fingerprint density at radius 3 is 2.69 bits per heavy atom. The van der Waals surface area contributed by atoms with Crippen LogP contribution in [0.5, 0.6) is 0 Å². The minimum atomic E-state index is -0.467. The molecule has 0 saturated heterocycles. The van der Waals surface area contributed by atoms with Gasteiger partial charge in [0.15, 0.2) is 0 Å². The third-order valence-electron chi connectivity index (χ3n) is 2.52. The van der Waals surface area contributed by atoms with Crippen molar-refractivity contribution in [2.45, 2.75) is 13.8 Å². The van der Waals surface area contributed by atoms with Crippen LogP contribution >= 0.6 is 0 Å². The van der Waals surface area contributed by atoms with Gasteiger partial charge in [-0.3, -0.25) is 0 Å². The first-order chi connectivity index (χ1) is 7.54. The van der Waals surface area contributed by atoms with E-state index in [-0.39, 0.29) is 5.82 Å². The number of carbonyl (C=O) groups excluding carboxylic acids is 1. The predicted octanol–water partition coefficient (Wildman–Crippen LogP) is 2.98. The molecule has 2 aromatic rings. The Hall–Kier alpha value is -1.84. The maximum atomic E-state index is 13.1. The highest BCUT2D eigenvalue weighted by molar-refractivity contribution is 6.05. The van der Waals surface area contributed by atoms with E-state index in [2.05, 4.69) is 4.74 Å². The second-order valence-corrected chi connectivity index (χ2v) is 3.62. The third-order valence-corrected chi connectivity index (χ3v) is 2.52. The molecular formula is C12H11FO3. The summed E-state index contributed by atoms with van der Waals surface area (Å²) in [6.07, 6.45) is 0. The van der Waals surface area contributed by atoms with Crippen LogP contribution in [0, 0.1) is 19.7 Å². The molecule has 0 aliphatic carbocycles. The van der Waals surface area contributed by atoms with Gasteiger partial charge in [0.1, 0.15) is 22.7 Å². The molecule has 0 aliphatic rings. The summed E-state index contributed by atoms with van der Waals surface area (Å²) in [5.74, 6) is -0.406. The first-order valence-electron chi connectivity index (χ1n) is 4.82. The number of aryl methyl sites for hydroxylation is 2. The van der Waals surface area contributed by atoms with E-state index in [0.29, 0.717) is 27.9 Å². The lowest BCUT2D eigenvalue weighted by atomic mass is 10.1. The molecule has 1 aromatic heterocycles. The van der Waals surface area contributed by atoms with E-state index < -0.39 is 5.97 Å². The van der Waals surface area contributed by atoms with Gasteiger partial charge in [0, 0.05) is 11.5 Å². The molecule has 16 heavy (non-hydrogen) atoms. The van der Waals surface area contributed by atoms with Crippen molar-refractivity contribution >= 4 is 16.9 Å². The zero-order valence-electron chi connectivity index (χ0n) is 9.26. The number of furan rings is 1. The molecule has 0 bridgehead atoms. The summed E-state index contributed by atoms with van der Waals surface area (Å²) in [6, 6.07) is 2.63. The summed E-state index contributed by atoms with van der Waals surface area (Å²) in [5.41, 5.74) is 1.40. The molecule has 0 fully saturated rings. The third kappa shape index (κ3) is 1.46. The number of methoxy groups -OCH3 is 1. The fourth-order valence-electron chi connectivity index (χ4n) is 1.85. The standard InChI is InChI=1S/C12H11FO3/c1-6-4-8(13)5-9-10(6)11(7(2)16-9)12(14)15-3/h4-5H,1-3H3. The Morgan fingerprint density at radius 2 is 2.06 bits per heavy atom. The second kappa shape index (κ2) is 3.63. The quantitative estimate of drug-likeness (QED) is 0.696. The summed E-state index contributed by atoms with van der Waals surface area (Å²) in [4.78, 5) is 11.6. The highest BCUT2D eigenvalue weighted by atomic mass is 19.1. The molecule has 1 aromatic carbocycles. The summed E-state index contributed by atoms with van der Waals surface area (Å²) < 4.78 is 23.2. The van der Waals surface area contributed by atoms with Gasteiger partial charge < -0.3 is 9.15 Å². The van der Waals surface area contributed by atoms with E-state index in [0.717, 1.165) is 0 Å². The van der Waals surface area contributed by atoms with Gasteiger partial charge in [0.2, 0.25) is 0 Å². The van der Waals surface area contributed by atoms with Crippen molar-refractivity contribution in [2.24, 2.45) is 0 Å². The molecule has 2 rings (SSSR count). The molecule has 0 N–H and O–H groups in total. The van der Waals surface area contributed by atoms with Crippen LogP contribution in [-0.4, -0.2) is 13.1 Å². The van der Waals surface area contributed by atoms with Crippen molar-refractivity contribution in [1.82, 2.24) is 0 Å². The Kier molecular flexibility index (Phi) is 2.42.